The van der Waals surface area contributed by atoms with Gasteiger partial charge in [-0.25, -0.2) is 0 Å². The van der Waals surface area contributed by atoms with Crippen LogP contribution in [0.4, 0.5) is 0 Å². The lowest BCUT2D eigenvalue weighted by Gasteiger charge is -2.33. The summed E-state index contributed by atoms with van der Waals surface area (Å²) in [4.78, 5) is 11.9. The number of hydrogen-bond acceptors (Lipinski definition) is 3. The molecule has 0 aliphatic heterocycles. The zero-order valence-corrected chi connectivity index (χ0v) is 10.3. The van der Waals surface area contributed by atoms with Crippen molar-refractivity contribution in [2.45, 2.75) is 50.5 Å². The summed E-state index contributed by atoms with van der Waals surface area (Å²) in [5, 5.41) is 3.31. The van der Waals surface area contributed by atoms with E-state index in [1.807, 2.05) is 0 Å². The standard InChI is InChI=1S/C13H23NO2/c1-3-11-14-13(12(15)16-2)9-7-5-4-6-8-10-13/h3,14H,1,4-11H2,2H3. The van der Waals surface area contributed by atoms with E-state index in [-0.39, 0.29) is 5.97 Å². The van der Waals surface area contributed by atoms with Gasteiger partial charge in [-0.1, -0.05) is 38.2 Å². The minimum Gasteiger partial charge on any atom is -0.468 e. The van der Waals surface area contributed by atoms with Crippen LogP contribution in [0.5, 0.6) is 0 Å². The highest BCUT2D eigenvalue weighted by Crippen LogP contribution is 2.27. The fraction of sp³-hybridized carbons (Fsp3) is 0.769. The molecule has 3 heteroatoms. The van der Waals surface area contributed by atoms with Gasteiger partial charge in [0.1, 0.15) is 5.54 Å². The largest absolute Gasteiger partial charge is 0.468 e. The maximum atomic E-state index is 11.9. The molecule has 0 unspecified atom stereocenters. The van der Waals surface area contributed by atoms with Crippen LogP contribution in [-0.4, -0.2) is 25.2 Å². The molecule has 1 N–H and O–H groups in total. The normalized spacial score (nSPS) is 20.6. The molecule has 0 radical (unpaired) electrons. The van der Waals surface area contributed by atoms with Gasteiger partial charge in [-0.2, -0.15) is 0 Å². The lowest BCUT2D eigenvalue weighted by atomic mass is 9.84. The second kappa shape index (κ2) is 6.69. The molecule has 0 atom stereocenters. The first-order valence-corrected chi connectivity index (χ1v) is 6.19. The molecule has 0 spiro atoms. The van der Waals surface area contributed by atoms with E-state index < -0.39 is 5.54 Å². The van der Waals surface area contributed by atoms with Crippen LogP contribution in [0, 0.1) is 0 Å². The quantitative estimate of drug-likeness (QED) is 0.590. The topological polar surface area (TPSA) is 38.3 Å². The highest BCUT2D eigenvalue weighted by atomic mass is 16.5. The summed E-state index contributed by atoms with van der Waals surface area (Å²) in [5.41, 5.74) is -0.469. The molecule has 92 valence electrons. The predicted molar refractivity (Wildman–Crippen MR) is 65.3 cm³/mol. The first-order chi connectivity index (χ1) is 7.75. The van der Waals surface area contributed by atoms with Crippen LogP contribution in [0.1, 0.15) is 44.9 Å². The van der Waals surface area contributed by atoms with Crippen molar-refractivity contribution in [1.29, 1.82) is 0 Å². The molecule has 1 rings (SSSR count). The van der Waals surface area contributed by atoms with Crippen molar-refractivity contribution in [1.82, 2.24) is 5.32 Å². The summed E-state index contributed by atoms with van der Waals surface area (Å²) in [6.07, 6.45) is 9.48. The molecule has 0 amide bonds. The Labute approximate surface area is 98.2 Å². The van der Waals surface area contributed by atoms with Gasteiger partial charge in [0, 0.05) is 6.54 Å². The molecule has 1 aliphatic carbocycles. The van der Waals surface area contributed by atoms with Gasteiger partial charge in [-0.3, -0.25) is 10.1 Å². The van der Waals surface area contributed by atoms with Crippen LogP contribution in [0.3, 0.4) is 0 Å². The SMILES string of the molecule is C=CCNC1(C(=O)OC)CCCCCCC1. The molecule has 3 nitrogen and oxygen atoms in total. The van der Waals surface area contributed by atoms with Gasteiger partial charge in [0.05, 0.1) is 7.11 Å². The Morgan fingerprint density at radius 1 is 1.31 bits per heavy atom. The van der Waals surface area contributed by atoms with Gasteiger partial charge in [-0.05, 0) is 12.8 Å². The number of carbonyl (C=O) groups excluding carboxylic acids is 1. The molecule has 0 aromatic rings. The molecule has 0 aromatic carbocycles. The summed E-state index contributed by atoms with van der Waals surface area (Å²) in [5.74, 6) is -0.115. The molecule has 1 aliphatic rings. The Kier molecular flexibility index (Phi) is 5.53. The zero-order chi connectivity index (χ0) is 11.9. The minimum absolute atomic E-state index is 0.115. The highest BCUT2D eigenvalue weighted by Gasteiger charge is 2.38. The van der Waals surface area contributed by atoms with Gasteiger partial charge >= 0.3 is 5.97 Å². The monoisotopic (exact) mass is 225 g/mol. The highest BCUT2D eigenvalue weighted by molar-refractivity contribution is 5.80. The number of nitrogens with one attached hydrogen (secondary N) is 1. The number of methoxy groups -OCH3 is 1. The van der Waals surface area contributed by atoms with Gasteiger partial charge in [0.2, 0.25) is 0 Å². The molecule has 0 saturated heterocycles. The smallest absolute Gasteiger partial charge is 0.326 e. The van der Waals surface area contributed by atoms with E-state index in [0.29, 0.717) is 6.54 Å². The third-order valence-corrected chi connectivity index (χ3v) is 3.37. The first kappa shape index (κ1) is 13.2. The number of esters is 1. The Balaban J connectivity index is 2.72. The maximum Gasteiger partial charge on any atom is 0.326 e. The summed E-state index contributed by atoms with van der Waals surface area (Å²) in [6.45, 7) is 4.35. The molecule has 16 heavy (non-hydrogen) atoms. The summed E-state index contributed by atoms with van der Waals surface area (Å²) in [6, 6.07) is 0. The number of rotatable bonds is 4. The van der Waals surface area contributed by atoms with Crippen LogP contribution < -0.4 is 5.32 Å². The predicted octanol–water partition coefficient (Wildman–Crippen LogP) is 2.42. The van der Waals surface area contributed by atoms with Gasteiger partial charge < -0.3 is 4.74 Å². The van der Waals surface area contributed by atoms with E-state index >= 15 is 0 Å². The zero-order valence-electron chi connectivity index (χ0n) is 10.3. The molecule has 1 saturated carbocycles. The van der Waals surface area contributed by atoms with Crippen LogP contribution in [0.2, 0.25) is 0 Å². The molecular formula is C13H23NO2. The van der Waals surface area contributed by atoms with Crippen LogP contribution in [0.25, 0.3) is 0 Å². The third-order valence-electron chi connectivity index (χ3n) is 3.37. The van der Waals surface area contributed by atoms with Crippen LogP contribution >= 0.6 is 0 Å². The van der Waals surface area contributed by atoms with Crippen molar-refractivity contribution >= 4 is 5.97 Å². The van der Waals surface area contributed by atoms with E-state index in [1.165, 1.54) is 26.4 Å². The molecule has 1 fully saturated rings. The lowest BCUT2D eigenvalue weighted by Crippen LogP contribution is -2.53. The van der Waals surface area contributed by atoms with Crippen LogP contribution in [0.15, 0.2) is 12.7 Å². The second-order valence-corrected chi connectivity index (χ2v) is 4.51. The van der Waals surface area contributed by atoms with Gasteiger partial charge in [0.25, 0.3) is 0 Å². The molecule has 0 heterocycles. The van der Waals surface area contributed by atoms with E-state index in [1.54, 1.807) is 6.08 Å². The fourth-order valence-electron chi connectivity index (χ4n) is 2.42. The Hall–Kier alpha value is -0.830. The van der Waals surface area contributed by atoms with E-state index in [0.717, 1.165) is 25.7 Å². The minimum atomic E-state index is -0.469. The van der Waals surface area contributed by atoms with Gasteiger partial charge in [0.15, 0.2) is 0 Å². The maximum absolute atomic E-state index is 11.9. The molecule has 0 aromatic heterocycles. The Morgan fingerprint density at radius 2 is 1.88 bits per heavy atom. The third kappa shape index (κ3) is 3.34. The van der Waals surface area contributed by atoms with Crippen molar-refractivity contribution in [3.63, 3.8) is 0 Å². The van der Waals surface area contributed by atoms with Crippen molar-refractivity contribution in [2.75, 3.05) is 13.7 Å². The summed E-state index contributed by atoms with van der Waals surface area (Å²) >= 11 is 0. The average Bonchev–Trinajstić information content (AvgIpc) is 2.27. The van der Waals surface area contributed by atoms with Crippen molar-refractivity contribution < 1.29 is 9.53 Å². The molecule has 0 bridgehead atoms. The first-order valence-electron chi connectivity index (χ1n) is 6.19. The second-order valence-electron chi connectivity index (χ2n) is 4.51. The Morgan fingerprint density at radius 3 is 2.38 bits per heavy atom. The number of carbonyl (C=O) groups is 1. The summed E-state index contributed by atoms with van der Waals surface area (Å²) < 4.78 is 4.95. The van der Waals surface area contributed by atoms with Crippen molar-refractivity contribution in [2.24, 2.45) is 0 Å². The number of ether oxygens (including phenoxy) is 1. The van der Waals surface area contributed by atoms with E-state index in [9.17, 15) is 4.79 Å². The van der Waals surface area contributed by atoms with E-state index in [4.69, 9.17) is 4.74 Å². The average molecular weight is 225 g/mol. The lowest BCUT2D eigenvalue weighted by molar-refractivity contribution is -0.149. The number of hydrogen-bond donors (Lipinski definition) is 1. The fourth-order valence-corrected chi connectivity index (χ4v) is 2.42. The van der Waals surface area contributed by atoms with Gasteiger partial charge in [-0.15, -0.1) is 6.58 Å². The van der Waals surface area contributed by atoms with Crippen LogP contribution in [-0.2, 0) is 9.53 Å². The van der Waals surface area contributed by atoms with Crippen molar-refractivity contribution in [3.05, 3.63) is 12.7 Å². The van der Waals surface area contributed by atoms with Crippen molar-refractivity contribution in [3.8, 4) is 0 Å². The molecular weight excluding hydrogens is 202 g/mol. The Bertz CT molecular complexity index is 230. The summed E-state index contributed by atoms with van der Waals surface area (Å²) in [7, 11) is 1.47. The van der Waals surface area contributed by atoms with E-state index in [2.05, 4.69) is 11.9 Å².